The van der Waals surface area contributed by atoms with Crippen LogP contribution >= 0.6 is 0 Å². The summed E-state index contributed by atoms with van der Waals surface area (Å²) in [5.74, 6) is 0.482. The zero-order chi connectivity index (χ0) is 24.5. The smallest absolute Gasteiger partial charge is 0.273 e. The molecule has 4 aromatic rings. The first-order chi connectivity index (χ1) is 17.1. The van der Waals surface area contributed by atoms with E-state index in [1.165, 1.54) is 0 Å². The Hall–Kier alpha value is -4.39. The highest BCUT2D eigenvalue weighted by Crippen LogP contribution is 2.14. The van der Waals surface area contributed by atoms with Crippen LogP contribution < -0.4 is 10.1 Å². The van der Waals surface area contributed by atoms with Crippen LogP contribution in [0.2, 0.25) is 0 Å². The average molecular weight is 470 g/mol. The van der Waals surface area contributed by atoms with Crippen molar-refractivity contribution < 1.29 is 18.8 Å². The molecule has 0 spiro atoms. The van der Waals surface area contributed by atoms with Crippen LogP contribution in [-0.2, 0) is 24.4 Å². The van der Waals surface area contributed by atoms with Gasteiger partial charge in [0.05, 0.1) is 6.54 Å². The number of aromatic nitrogens is 1. The minimum Gasteiger partial charge on any atom is -0.484 e. The normalized spacial score (nSPS) is 10.5. The highest BCUT2D eigenvalue weighted by molar-refractivity contribution is 5.92. The summed E-state index contributed by atoms with van der Waals surface area (Å²) in [6.45, 7) is 2.81. The second-order valence-corrected chi connectivity index (χ2v) is 8.18. The average Bonchev–Trinajstić information content (AvgIpc) is 3.36. The van der Waals surface area contributed by atoms with Crippen LogP contribution in [0.3, 0.4) is 0 Å². The molecule has 1 heterocycles. The van der Waals surface area contributed by atoms with Crippen LogP contribution in [0.5, 0.6) is 5.75 Å². The molecule has 0 unspecified atom stereocenters. The van der Waals surface area contributed by atoms with E-state index >= 15 is 0 Å². The number of carbonyl (C=O) groups excluding carboxylic acids is 2. The van der Waals surface area contributed by atoms with Crippen molar-refractivity contribution in [2.45, 2.75) is 26.6 Å². The van der Waals surface area contributed by atoms with Crippen molar-refractivity contribution in [3.05, 3.63) is 119 Å². The molecule has 3 aromatic carbocycles. The molecule has 7 heteroatoms. The molecule has 0 saturated carbocycles. The summed E-state index contributed by atoms with van der Waals surface area (Å²) in [6, 6.07) is 28.3. The van der Waals surface area contributed by atoms with Gasteiger partial charge < -0.3 is 19.5 Å². The molecule has 0 atom stereocenters. The fourth-order valence-electron chi connectivity index (χ4n) is 3.45. The topological polar surface area (TPSA) is 84.7 Å². The van der Waals surface area contributed by atoms with Crippen molar-refractivity contribution in [2.75, 3.05) is 6.61 Å². The van der Waals surface area contributed by atoms with Gasteiger partial charge in [-0.25, -0.2) is 0 Å². The van der Waals surface area contributed by atoms with E-state index in [0.717, 1.165) is 16.7 Å². The number of amides is 2. The Morgan fingerprint density at radius 3 is 2.29 bits per heavy atom. The fraction of sp³-hybridized carbons (Fsp3) is 0.179. The fourth-order valence-corrected chi connectivity index (χ4v) is 3.45. The predicted molar refractivity (Wildman–Crippen MR) is 131 cm³/mol. The molecule has 0 aliphatic rings. The van der Waals surface area contributed by atoms with E-state index in [-0.39, 0.29) is 30.7 Å². The summed E-state index contributed by atoms with van der Waals surface area (Å²) in [5.41, 5.74) is 3.28. The van der Waals surface area contributed by atoms with Crippen LogP contribution in [0.4, 0.5) is 0 Å². The molecule has 35 heavy (non-hydrogen) atoms. The van der Waals surface area contributed by atoms with Gasteiger partial charge in [-0.2, -0.15) is 0 Å². The summed E-state index contributed by atoms with van der Waals surface area (Å²) in [5, 5.41) is 6.74. The second kappa shape index (κ2) is 11.7. The van der Waals surface area contributed by atoms with Crippen molar-refractivity contribution in [3.63, 3.8) is 0 Å². The van der Waals surface area contributed by atoms with Gasteiger partial charge in [-0.3, -0.25) is 9.59 Å². The molecular formula is C28H27N3O4. The lowest BCUT2D eigenvalue weighted by Gasteiger charge is -2.21. The molecule has 0 aliphatic carbocycles. The number of hydrogen-bond donors (Lipinski definition) is 1. The molecule has 0 bridgehead atoms. The zero-order valence-electron chi connectivity index (χ0n) is 19.5. The quantitative estimate of drug-likeness (QED) is 0.369. The molecule has 1 N–H and O–H groups in total. The molecule has 0 radical (unpaired) electrons. The number of rotatable bonds is 10. The number of hydrogen-bond acceptors (Lipinski definition) is 5. The Labute approximate surface area is 204 Å². The third-order valence-corrected chi connectivity index (χ3v) is 5.39. The van der Waals surface area contributed by atoms with Crippen molar-refractivity contribution in [1.29, 1.82) is 0 Å². The van der Waals surface area contributed by atoms with Crippen LogP contribution in [0.1, 0.15) is 32.9 Å². The highest BCUT2D eigenvalue weighted by Gasteiger charge is 2.20. The molecule has 2 amide bonds. The lowest BCUT2D eigenvalue weighted by molar-refractivity contribution is -0.135. The molecule has 0 fully saturated rings. The third-order valence-electron chi connectivity index (χ3n) is 5.39. The van der Waals surface area contributed by atoms with E-state index < -0.39 is 0 Å². The van der Waals surface area contributed by atoms with Crippen LogP contribution in [0, 0.1) is 6.92 Å². The summed E-state index contributed by atoms with van der Waals surface area (Å²) in [7, 11) is 0. The third kappa shape index (κ3) is 7.04. The van der Waals surface area contributed by atoms with Crippen LogP contribution in [-0.4, -0.2) is 28.5 Å². The molecule has 0 aliphatic heterocycles. The molecule has 0 saturated heterocycles. The van der Waals surface area contributed by atoms with E-state index in [9.17, 15) is 9.59 Å². The van der Waals surface area contributed by atoms with Crippen molar-refractivity contribution in [1.82, 2.24) is 15.4 Å². The Bertz CT molecular complexity index is 1240. The van der Waals surface area contributed by atoms with Crippen molar-refractivity contribution in [3.8, 4) is 5.75 Å². The first-order valence-corrected chi connectivity index (χ1v) is 11.4. The standard InChI is InChI=1S/C28H27N3O4/c1-21-12-14-22(15-13-21)17-29-28(33)26-16-25(35-30-26)19-31(18-23-8-4-2-5-9-23)27(32)20-34-24-10-6-3-7-11-24/h2-16H,17-20H2,1H3,(H,29,33). The zero-order valence-corrected chi connectivity index (χ0v) is 19.5. The van der Waals surface area contributed by atoms with E-state index in [4.69, 9.17) is 9.26 Å². The van der Waals surface area contributed by atoms with Gasteiger partial charge in [0.15, 0.2) is 18.1 Å². The maximum absolute atomic E-state index is 13.0. The maximum atomic E-state index is 13.0. The lowest BCUT2D eigenvalue weighted by atomic mass is 10.1. The van der Waals surface area contributed by atoms with Gasteiger partial charge in [0, 0.05) is 19.2 Å². The summed E-state index contributed by atoms with van der Waals surface area (Å²) < 4.78 is 11.0. The lowest BCUT2D eigenvalue weighted by Crippen LogP contribution is -2.34. The first kappa shape index (κ1) is 23.8. The number of para-hydroxylation sites is 1. The number of aryl methyl sites for hydroxylation is 1. The van der Waals surface area contributed by atoms with Crippen LogP contribution in [0.15, 0.2) is 95.5 Å². The number of benzene rings is 3. The van der Waals surface area contributed by atoms with Crippen molar-refractivity contribution in [2.24, 2.45) is 0 Å². The second-order valence-electron chi connectivity index (χ2n) is 8.18. The Kier molecular flexibility index (Phi) is 7.91. The molecular weight excluding hydrogens is 442 g/mol. The molecule has 1 aromatic heterocycles. The van der Waals surface area contributed by atoms with E-state index in [1.807, 2.05) is 79.7 Å². The number of nitrogens with zero attached hydrogens (tertiary/aromatic N) is 2. The number of nitrogens with one attached hydrogen (secondary N) is 1. The van der Waals surface area contributed by atoms with Gasteiger partial charge in [-0.05, 0) is 30.2 Å². The molecule has 178 valence electrons. The van der Waals surface area contributed by atoms with Crippen LogP contribution in [0.25, 0.3) is 0 Å². The van der Waals surface area contributed by atoms with Gasteiger partial charge in [0.1, 0.15) is 5.75 Å². The first-order valence-electron chi connectivity index (χ1n) is 11.4. The van der Waals surface area contributed by atoms with Crippen molar-refractivity contribution >= 4 is 11.8 Å². The number of ether oxygens (including phenoxy) is 1. The van der Waals surface area contributed by atoms with E-state index in [0.29, 0.717) is 24.6 Å². The van der Waals surface area contributed by atoms with Gasteiger partial charge in [-0.15, -0.1) is 0 Å². The Morgan fingerprint density at radius 2 is 1.57 bits per heavy atom. The predicted octanol–water partition coefficient (Wildman–Crippen LogP) is 4.52. The molecule has 7 nitrogen and oxygen atoms in total. The van der Waals surface area contributed by atoms with Gasteiger partial charge in [0.2, 0.25) is 0 Å². The highest BCUT2D eigenvalue weighted by atomic mass is 16.5. The minimum absolute atomic E-state index is 0.116. The van der Waals surface area contributed by atoms with Gasteiger partial charge >= 0.3 is 0 Å². The minimum atomic E-state index is -0.339. The van der Waals surface area contributed by atoms with Gasteiger partial charge in [0.25, 0.3) is 11.8 Å². The maximum Gasteiger partial charge on any atom is 0.273 e. The van der Waals surface area contributed by atoms with E-state index in [1.54, 1.807) is 23.1 Å². The summed E-state index contributed by atoms with van der Waals surface area (Å²) >= 11 is 0. The largest absolute Gasteiger partial charge is 0.484 e. The molecule has 4 rings (SSSR count). The summed E-state index contributed by atoms with van der Waals surface area (Å²) in [6.07, 6.45) is 0. The summed E-state index contributed by atoms with van der Waals surface area (Å²) in [4.78, 5) is 27.2. The van der Waals surface area contributed by atoms with E-state index in [2.05, 4.69) is 10.5 Å². The SMILES string of the molecule is Cc1ccc(CNC(=O)c2cc(CN(Cc3ccccc3)C(=O)COc3ccccc3)on2)cc1. The van der Waals surface area contributed by atoms with Gasteiger partial charge in [-0.1, -0.05) is 83.5 Å². The monoisotopic (exact) mass is 469 g/mol. The Morgan fingerprint density at radius 1 is 0.886 bits per heavy atom. The number of carbonyl (C=O) groups is 2. The Balaban J connectivity index is 1.39.